The van der Waals surface area contributed by atoms with Gasteiger partial charge in [0, 0.05) is 47.9 Å². The number of allylic oxidation sites excluding steroid dienone is 1. The third-order valence-corrected chi connectivity index (χ3v) is 9.94. The summed E-state index contributed by atoms with van der Waals surface area (Å²) < 4.78 is 6.13. The molecule has 2 aromatic rings. The van der Waals surface area contributed by atoms with Gasteiger partial charge in [0.2, 0.25) is 0 Å². The maximum absolute atomic E-state index is 12.7. The summed E-state index contributed by atoms with van der Waals surface area (Å²) in [5, 5.41) is 0. The molecule has 0 saturated carbocycles. The van der Waals surface area contributed by atoms with Crippen LogP contribution < -0.4 is 4.74 Å². The lowest BCUT2D eigenvalue weighted by atomic mass is 9.93. The number of piperazine rings is 1. The Morgan fingerprint density at radius 1 is 0.929 bits per heavy atom. The molecule has 0 amide bonds. The van der Waals surface area contributed by atoms with Gasteiger partial charge in [0.1, 0.15) is 12.4 Å². The van der Waals surface area contributed by atoms with Crippen molar-refractivity contribution in [3.63, 3.8) is 0 Å². The molecule has 3 rings (SSSR count). The van der Waals surface area contributed by atoms with Crippen molar-refractivity contribution in [1.82, 2.24) is 9.80 Å². The number of thioether (sulfide) groups is 1. The predicted octanol–water partition coefficient (Wildman–Crippen LogP) is 9.10. The summed E-state index contributed by atoms with van der Waals surface area (Å²) >= 11 is 1.96. The Morgan fingerprint density at radius 3 is 2.24 bits per heavy atom. The highest BCUT2D eigenvalue weighted by atomic mass is 32.2. The summed E-state index contributed by atoms with van der Waals surface area (Å²) in [6.07, 6.45) is 12.8. The molecular weight excluding hydrogens is 536 g/mol. The van der Waals surface area contributed by atoms with Gasteiger partial charge in [0.05, 0.1) is 0 Å². The molecule has 0 N–H and O–H groups in total. The van der Waals surface area contributed by atoms with Crippen molar-refractivity contribution in [3.8, 4) is 5.75 Å². The molecule has 2 unspecified atom stereocenters. The normalized spacial score (nSPS) is 16.5. The SMILES string of the molecule is CCC(C)CCCC(C)CCCC(C)(C)Sc1ccc(/C=C/C(=O)c2ccc(OCCN3CCN(C)CC3)cc2)cc1. The largest absolute Gasteiger partial charge is 0.492 e. The lowest BCUT2D eigenvalue weighted by molar-refractivity contribution is 0.104. The van der Waals surface area contributed by atoms with Gasteiger partial charge in [-0.15, -0.1) is 11.8 Å². The van der Waals surface area contributed by atoms with Crippen LogP contribution in [0.4, 0.5) is 0 Å². The minimum Gasteiger partial charge on any atom is -0.492 e. The van der Waals surface area contributed by atoms with Gasteiger partial charge in [0.15, 0.2) is 5.78 Å². The molecule has 2 atom stereocenters. The maximum atomic E-state index is 12.7. The van der Waals surface area contributed by atoms with Crippen molar-refractivity contribution < 1.29 is 9.53 Å². The molecule has 5 heteroatoms. The topological polar surface area (TPSA) is 32.8 Å². The number of likely N-dealkylation sites (N-methyl/N-ethyl adjacent to an activating group) is 1. The lowest BCUT2D eigenvalue weighted by Gasteiger charge is -2.32. The fraction of sp³-hybridized carbons (Fsp3) is 0.595. The molecule has 2 aromatic carbocycles. The van der Waals surface area contributed by atoms with E-state index in [-0.39, 0.29) is 10.5 Å². The Bertz CT molecular complexity index is 1070. The highest BCUT2D eigenvalue weighted by molar-refractivity contribution is 8.00. The van der Waals surface area contributed by atoms with Crippen molar-refractivity contribution in [3.05, 3.63) is 65.7 Å². The van der Waals surface area contributed by atoms with Crippen LogP contribution in [0, 0.1) is 11.8 Å². The Morgan fingerprint density at radius 2 is 1.57 bits per heavy atom. The van der Waals surface area contributed by atoms with Gasteiger partial charge in [-0.2, -0.15) is 0 Å². The van der Waals surface area contributed by atoms with Gasteiger partial charge in [0.25, 0.3) is 0 Å². The minimum absolute atomic E-state index is 0.00711. The van der Waals surface area contributed by atoms with E-state index >= 15 is 0 Å². The van der Waals surface area contributed by atoms with Gasteiger partial charge < -0.3 is 9.64 Å². The summed E-state index contributed by atoms with van der Waals surface area (Å²) in [6, 6.07) is 16.1. The molecule has 1 heterocycles. The number of carbonyl (C=O) groups excluding carboxylic acids is 1. The van der Waals surface area contributed by atoms with Crippen LogP contribution in [0.5, 0.6) is 5.75 Å². The third kappa shape index (κ3) is 13.1. The minimum atomic E-state index is 0.00711. The number of carbonyl (C=O) groups is 1. The first-order valence-electron chi connectivity index (χ1n) is 16.3. The Kier molecular flexibility index (Phi) is 14.7. The van der Waals surface area contributed by atoms with Crippen molar-refractivity contribution in [2.24, 2.45) is 11.8 Å². The second kappa shape index (κ2) is 17.9. The Hall–Kier alpha value is -2.08. The van der Waals surface area contributed by atoms with E-state index in [1.165, 1.54) is 49.8 Å². The summed E-state index contributed by atoms with van der Waals surface area (Å²) in [6.45, 7) is 17.8. The zero-order chi connectivity index (χ0) is 30.4. The van der Waals surface area contributed by atoms with E-state index in [1.807, 2.05) is 42.1 Å². The van der Waals surface area contributed by atoms with E-state index in [1.54, 1.807) is 6.08 Å². The van der Waals surface area contributed by atoms with Crippen LogP contribution in [-0.2, 0) is 0 Å². The van der Waals surface area contributed by atoms with Crippen LogP contribution >= 0.6 is 11.8 Å². The number of hydrogen-bond acceptors (Lipinski definition) is 5. The van der Waals surface area contributed by atoms with E-state index in [4.69, 9.17) is 4.74 Å². The first-order valence-corrected chi connectivity index (χ1v) is 17.1. The average Bonchev–Trinajstić information content (AvgIpc) is 2.97. The van der Waals surface area contributed by atoms with Crippen LogP contribution in [0.3, 0.4) is 0 Å². The van der Waals surface area contributed by atoms with Crippen molar-refractivity contribution in [1.29, 1.82) is 0 Å². The smallest absolute Gasteiger partial charge is 0.185 e. The summed E-state index contributed by atoms with van der Waals surface area (Å²) in [4.78, 5) is 18.8. The molecule has 1 saturated heterocycles. The first kappa shape index (κ1) is 34.4. The predicted molar refractivity (Wildman–Crippen MR) is 182 cm³/mol. The highest BCUT2D eigenvalue weighted by Crippen LogP contribution is 2.37. The Balaban J connectivity index is 1.37. The van der Waals surface area contributed by atoms with Gasteiger partial charge in [-0.25, -0.2) is 0 Å². The van der Waals surface area contributed by atoms with Gasteiger partial charge in [-0.05, 0) is 73.3 Å². The maximum Gasteiger partial charge on any atom is 0.185 e. The zero-order valence-electron chi connectivity index (χ0n) is 27.2. The molecule has 4 nitrogen and oxygen atoms in total. The van der Waals surface area contributed by atoms with E-state index in [2.05, 4.69) is 75.7 Å². The van der Waals surface area contributed by atoms with E-state index < -0.39 is 0 Å². The molecule has 1 fully saturated rings. The molecule has 0 aliphatic carbocycles. The molecule has 1 aliphatic rings. The van der Waals surface area contributed by atoms with Crippen LogP contribution in [-0.4, -0.2) is 66.7 Å². The van der Waals surface area contributed by atoms with Crippen LogP contribution in [0.15, 0.2) is 59.5 Å². The fourth-order valence-corrected chi connectivity index (χ4v) is 6.56. The standard InChI is InChI=1S/C37H56N2O2S/c1-7-30(2)10-8-11-31(3)12-9-23-37(4,5)42-35-20-13-32(14-21-35)15-22-36(40)33-16-18-34(19-17-33)41-29-28-39-26-24-38(6)25-27-39/h13-22,30-31H,7-12,23-29H2,1-6H3/b22-15+. The highest BCUT2D eigenvalue weighted by Gasteiger charge is 2.20. The second-order valence-corrected chi connectivity index (χ2v) is 14.9. The molecule has 0 spiro atoms. The quantitative estimate of drug-likeness (QED) is 0.0979. The van der Waals surface area contributed by atoms with Gasteiger partial charge >= 0.3 is 0 Å². The molecule has 42 heavy (non-hydrogen) atoms. The van der Waals surface area contributed by atoms with E-state index in [0.29, 0.717) is 12.2 Å². The Labute approximate surface area is 261 Å². The number of ether oxygens (including phenoxy) is 1. The molecule has 0 radical (unpaired) electrons. The van der Waals surface area contributed by atoms with Crippen LogP contribution in [0.2, 0.25) is 0 Å². The molecule has 0 bridgehead atoms. The molecule has 232 valence electrons. The van der Waals surface area contributed by atoms with Crippen molar-refractivity contribution in [2.75, 3.05) is 46.4 Å². The zero-order valence-corrected chi connectivity index (χ0v) is 28.1. The van der Waals surface area contributed by atoms with Gasteiger partial charge in [-0.3, -0.25) is 9.69 Å². The number of nitrogens with zero attached hydrogens (tertiary/aromatic N) is 2. The van der Waals surface area contributed by atoms with Gasteiger partial charge in [-0.1, -0.05) is 91.4 Å². The van der Waals surface area contributed by atoms with Crippen LogP contribution in [0.1, 0.15) is 95.5 Å². The first-order chi connectivity index (χ1) is 20.1. The summed E-state index contributed by atoms with van der Waals surface area (Å²) in [5.74, 6) is 2.52. The number of rotatable bonds is 18. The average molecular weight is 593 g/mol. The monoisotopic (exact) mass is 592 g/mol. The van der Waals surface area contributed by atoms with E-state index in [0.717, 1.165) is 55.9 Å². The number of hydrogen-bond donors (Lipinski definition) is 0. The second-order valence-electron chi connectivity index (χ2n) is 13.1. The number of ketones is 1. The summed E-state index contributed by atoms with van der Waals surface area (Å²) in [5.41, 5.74) is 1.72. The molecule has 0 aromatic heterocycles. The third-order valence-electron chi connectivity index (χ3n) is 8.68. The van der Waals surface area contributed by atoms with Crippen molar-refractivity contribution in [2.45, 2.75) is 89.2 Å². The van der Waals surface area contributed by atoms with Crippen LogP contribution in [0.25, 0.3) is 6.08 Å². The van der Waals surface area contributed by atoms with E-state index in [9.17, 15) is 4.79 Å². The summed E-state index contributed by atoms with van der Waals surface area (Å²) in [7, 11) is 2.17. The van der Waals surface area contributed by atoms with Crippen molar-refractivity contribution >= 4 is 23.6 Å². The lowest BCUT2D eigenvalue weighted by Crippen LogP contribution is -2.45. The molecule has 1 aliphatic heterocycles. The number of benzene rings is 2. The fourth-order valence-electron chi connectivity index (χ4n) is 5.40. The molecular formula is C37H56N2O2S.